The van der Waals surface area contributed by atoms with Crippen LogP contribution in [0, 0.1) is 6.92 Å². The zero-order valence-corrected chi connectivity index (χ0v) is 11.0. The number of amides is 1. The Kier molecular flexibility index (Phi) is 2.60. The molecule has 1 aliphatic rings. The van der Waals surface area contributed by atoms with E-state index in [1.807, 2.05) is 6.92 Å². The second kappa shape index (κ2) is 4.06. The minimum Gasteiger partial charge on any atom is -0.506 e. The van der Waals surface area contributed by atoms with E-state index in [0.717, 1.165) is 16.5 Å². The molecule has 1 amide bonds. The molecule has 0 fully saturated rings. The van der Waals surface area contributed by atoms with Crippen LogP contribution in [0.3, 0.4) is 0 Å². The standard InChI is InChI=1S/C13H13ClN2O3/c1-6-4-15-12-9(17)2-8-11(10(6)12)7(3-14)5-16(8)13(18)19/h2,4,7,15,17H,3,5H2,1H3,(H,18,19)/t7-/m0/s1. The molecule has 1 aromatic heterocycles. The second-order valence-electron chi connectivity index (χ2n) is 4.79. The first-order valence-electron chi connectivity index (χ1n) is 5.94. The Morgan fingerprint density at radius 1 is 1.63 bits per heavy atom. The van der Waals surface area contributed by atoms with E-state index >= 15 is 0 Å². The van der Waals surface area contributed by atoms with Crippen LogP contribution in [0.15, 0.2) is 12.3 Å². The second-order valence-corrected chi connectivity index (χ2v) is 5.10. The summed E-state index contributed by atoms with van der Waals surface area (Å²) in [7, 11) is 0. The fraction of sp³-hybridized carbons (Fsp3) is 0.308. The van der Waals surface area contributed by atoms with Gasteiger partial charge in [-0.3, -0.25) is 4.90 Å². The van der Waals surface area contributed by atoms with E-state index in [9.17, 15) is 15.0 Å². The van der Waals surface area contributed by atoms with Crippen molar-refractivity contribution in [3.63, 3.8) is 0 Å². The normalized spacial score (nSPS) is 18.0. The number of hydrogen-bond donors (Lipinski definition) is 3. The number of carboxylic acid groups (broad SMARTS) is 1. The number of alkyl halides is 1. The van der Waals surface area contributed by atoms with Gasteiger partial charge in [0, 0.05) is 36.0 Å². The smallest absolute Gasteiger partial charge is 0.411 e. The van der Waals surface area contributed by atoms with Gasteiger partial charge in [0.2, 0.25) is 0 Å². The number of benzene rings is 1. The molecule has 1 aromatic carbocycles. The third-order valence-corrected chi connectivity index (χ3v) is 4.04. The molecule has 0 spiro atoms. The van der Waals surface area contributed by atoms with Crippen molar-refractivity contribution >= 4 is 34.3 Å². The van der Waals surface area contributed by atoms with Gasteiger partial charge < -0.3 is 15.2 Å². The van der Waals surface area contributed by atoms with Crippen LogP contribution >= 0.6 is 11.6 Å². The van der Waals surface area contributed by atoms with Crippen LogP contribution in [0.4, 0.5) is 10.5 Å². The zero-order chi connectivity index (χ0) is 13.7. The monoisotopic (exact) mass is 280 g/mol. The topological polar surface area (TPSA) is 76.6 Å². The van der Waals surface area contributed by atoms with Crippen LogP contribution < -0.4 is 4.90 Å². The number of H-pyrrole nitrogens is 1. The van der Waals surface area contributed by atoms with Gasteiger partial charge in [-0.15, -0.1) is 11.6 Å². The number of phenols is 1. The summed E-state index contributed by atoms with van der Waals surface area (Å²) >= 11 is 5.97. The first-order chi connectivity index (χ1) is 9.04. The van der Waals surface area contributed by atoms with Crippen LogP contribution in [0.25, 0.3) is 10.9 Å². The molecule has 2 aromatic rings. The summed E-state index contributed by atoms with van der Waals surface area (Å²) in [6.07, 6.45) is 0.778. The third-order valence-electron chi connectivity index (χ3n) is 3.67. The summed E-state index contributed by atoms with van der Waals surface area (Å²) in [5.74, 6) is 0.357. The minimum atomic E-state index is -1.03. The van der Waals surface area contributed by atoms with Crippen molar-refractivity contribution in [1.29, 1.82) is 0 Å². The number of carbonyl (C=O) groups is 1. The lowest BCUT2D eigenvalue weighted by Crippen LogP contribution is -2.28. The van der Waals surface area contributed by atoms with E-state index < -0.39 is 6.09 Å². The third kappa shape index (κ3) is 1.58. The molecule has 0 radical (unpaired) electrons. The summed E-state index contributed by atoms with van der Waals surface area (Å²) in [6, 6.07) is 1.49. The number of nitrogens with one attached hydrogen (secondary N) is 1. The molecule has 0 saturated heterocycles. The number of aromatic amines is 1. The molecule has 1 aliphatic heterocycles. The Labute approximate surface area is 114 Å². The van der Waals surface area contributed by atoms with Gasteiger partial charge in [0.05, 0.1) is 11.2 Å². The molecule has 3 rings (SSSR count). The van der Waals surface area contributed by atoms with E-state index in [1.165, 1.54) is 11.0 Å². The Morgan fingerprint density at radius 2 is 2.37 bits per heavy atom. The highest BCUT2D eigenvalue weighted by Crippen LogP contribution is 2.45. The van der Waals surface area contributed by atoms with Gasteiger partial charge in [0.25, 0.3) is 0 Å². The van der Waals surface area contributed by atoms with Crippen LogP contribution in [0.1, 0.15) is 17.0 Å². The van der Waals surface area contributed by atoms with Crippen molar-refractivity contribution in [1.82, 2.24) is 4.98 Å². The fourth-order valence-electron chi connectivity index (χ4n) is 2.83. The number of nitrogens with zero attached hydrogens (tertiary/aromatic N) is 1. The average molecular weight is 281 g/mol. The molecule has 6 heteroatoms. The van der Waals surface area contributed by atoms with Gasteiger partial charge in [-0.25, -0.2) is 4.79 Å². The van der Waals surface area contributed by atoms with Crippen molar-refractivity contribution in [2.45, 2.75) is 12.8 Å². The van der Waals surface area contributed by atoms with Crippen molar-refractivity contribution < 1.29 is 15.0 Å². The predicted molar refractivity (Wildman–Crippen MR) is 73.5 cm³/mol. The number of rotatable bonds is 1. The lowest BCUT2D eigenvalue weighted by atomic mass is 9.97. The number of halogens is 1. The largest absolute Gasteiger partial charge is 0.506 e. The first kappa shape index (κ1) is 12.2. The molecule has 0 unspecified atom stereocenters. The number of aryl methyl sites for hydroxylation is 1. The lowest BCUT2D eigenvalue weighted by molar-refractivity contribution is 0.202. The number of hydrogen-bond acceptors (Lipinski definition) is 2. The van der Waals surface area contributed by atoms with E-state index in [2.05, 4.69) is 4.98 Å². The molecule has 2 heterocycles. The van der Waals surface area contributed by atoms with Gasteiger partial charge >= 0.3 is 6.09 Å². The maximum absolute atomic E-state index is 11.3. The molecule has 5 nitrogen and oxygen atoms in total. The molecule has 0 saturated carbocycles. The Morgan fingerprint density at radius 3 is 3.00 bits per heavy atom. The molecule has 100 valence electrons. The highest BCUT2D eigenvalue weighted by atomic mass is 35.5. The highest BCUT2D eigenvalue weighted by molar-refractivity contribution is 6.19. The maximum Gasteiger partial charge on any atom is 0.411 e. The molecular formula is C13H13ClN2O3. The summed E-state index contributed by atoms with van der Waals surface area (Å²) in [5, 5.41) is 20.2. The van der Waals surface area contributed by atoms with Gasteiger partial charge in [-0.1, -0.05) is 0 Å². The summed E-state index contributed by atoms with van der Waals surface area (Å²) < 4.78 is 0. The van der Waals surface area contributed by atoms with Crippen LogP contribution in [0.5, 0.6) is 5.75 Å². The van der Waals surface area contributed by atoms with E-state index in [0.29, 0.717) is 23.6 Å². The zero-order valence-electron chi connectivity index (χ0n) is 10.3. The number of aromatic hydroxyl groups is 1. The van der Waals surface area contributed by atoms with Gasteiger partial charge in [0.15, 0.2) is 0 Å². The molecular weight excluding hydrogens is 268 g/mol. The van der Waals surface area contributed by atoms with Gasteiger partial charge in [-0.2, -0.15) is 0 Å². The molecule has 0 bridgehead atoms. The SMILES string of the molecule is Cc1c[nH]c2c(O)cc3c(c12)[C@@H](CCl)CN3C(=O)O. The summed E-state index contributed by atoms with van der Waals surface area (Å²) in [4.78, 5) is 15.5. The summed E-state index contributed by atoms with van der Waals surface area (Å²) in [6.45, 7) is 2.25. The van der Waals surface area contributed by atoms with Crippen LogP contribution in [-0.4, -0.2) is 33.7 Å². The van der Waals surface area contributed by atoms with E-state index in [-0.39, 0.29) is 11.7 Å². The van der Waals surface area contributed by atoms with Crippen molar-refractivity contribution in [3.8, 4) is 5.75 Å². The van der Waals surface area contributed by atoms with Crippen LogP contribution in [-0.2, 0) is 0 Å². The quantitative estimate of drug-likeness (QED) is 0.703. The summed E-state index contributed by atoms with van der Waals surface area (Å²) in [5.41, 5.74) is 3.05. The number of anilines is 1. The highest BCUT2D eigenvalue weighted by Gasteiger charge is 2.35. The first-order valence-corrected chi connectivity index (χ1v) is 6.48. The van der Waals surface area contributed by atoms with E-state index in [4.69, 9.17) is 11.6 Å². The molecule has 3 N–H and O–H groups in total. The van der Waals surface area contributed by atoms with Crippen molar-refractivity contribution in [2.75, 3.05) is 17.3 Å². The van der Waals surface area contributed by atoms with E-state index in [1.54, 1.807) is 6.20 Å². The number of aromatic nitrogens is 1. The fourth-order valence-corrected chi connectivity index (χ4v) is 3.08. The van der Waals surface area contributed by atoms with Crippen LogP contribution in [0.2, 0.25) is 0 Å². The molecule has 1 atom stereocenters. The van der Waals surface area contributed by atoms with Gasteiger partial charge in [-0.05, 0) is 18.1 Å². The molecule has 19 heavy (non-hydrogen) atoms. The number of fused-ring (bicyclic) bond motifs is 3. The Balaban J connectivity index is 2.37. The lowest BCUT2D eigenvalue weighted by Gasteiger charge is -2.13. The minimum absolute atomic E-state index is 0.0506. The Bertz CT molecular complexity index is 680. The average Bonchev–Trinajstić information content (AvgIpc) is 2.90. The maximum atomic E-state index is 11.3. The van der Waals surface area contributed by atoms with Crippen molar-refractivity contribution in [3.05, 3.63) is 23.4 Å². The number of phenolic OH excluding ortho intramolecular Hbond substituents is 1. The molecule has 0 aliphatic carbocycles. The predicted octanol–water partition coefficient (Wildman–Crippen LogP) is 3.00. The van der Waals surface area contributed by atoms with Gasteiger partial charge in [0.1, 0.15) is 5.75 Å². The Hall–Kier alpha value is -1.88. The van der Waals surface area contributed by atoms with Crippen molar-refractivity contribution in [2.24, 2.45) is 0 Å².